The summed E-state index contributed by atoms with van der Waals surface area (Å²) in [5.41, 5.74) is 6.17. The second kappa shape index (κ2) is 11.2. The summed E-state index contributed by atoms with van der Waals surface area (Å²) in [5.74, 6) is 0.406. The average Bonchev–Trinajstić information content (AvgIpc) is 2.81. The van der Waals surface area contributed by atoms with Gasteiger partial charge < -0.3 is 9.64 Å². The van der Waals surface area contributed by atoms with Crippen LogP contribution in [0, 0.1) is 0 Å². The number of halogens is 1. The molecule has 3 aromatic carbocycles. The van der Waals surface area contributed by atoms with Gasteiger partial charge in [0, 0.05) is 29.4 Å². The number of hydrogen-bond acceptors (Lipinski definition) is 4. The molecule has 31 heavy (non-hydrogen) atoms. The van der Waals surface area contributed by atoms with Crippen molar-refractivity contribution in [1.82, 2.24) is 5.43 Å². The third-order valence-electron chi connectivity index (χ3n) is 4.84. The van der Waals surface area contributed by atoms with Gasteiger partial charge in [0.25, 0.3) is 5.91 Å². The Kier molecular flexibility index (Phi) is 8.07. The maximum atomic E-state index is 12.3. The molecule has 160 valence electrons. The van der Waals surface area contributed by atoms with Crippen molar-refractivity contribution >= 4 is 29.4 Å². The molecular formula is C25H26ClN3O2. The first-order valence-corrected chi connectivity index (χ1v) is 10.6. The number of hydrazone groups is 1. The fourth-order valence-electron chi connectivity index (χ4n) is 3.04. The molecule has 0 aliphatic heterocycles. The summed E-state index contributed by atoms with van der Waals surface area (Å²) >= 11 is 5.89. The minimum Gasteiger partial charge on any atom is -0.489 e. The van der Waals surface area contributed by atoms with Crippen LogP contribution in [0.25, 0.3) is 0 Å². The molecule has 0 saturated heterocycles. The summed E-state index contributed by atoms with van der Waals surface area (Å²) in [4.78, 5) is 14.6. The van der Waals surface area contributed by atoms with E-state index in [2.05, 4.69) is 41.4 Å². The van der Waals surface area contributed by atoms with Gasteiger partial charge >= 0.3 is 0 Å². The van der Waals surface area contributed by atoms with E-state index in [1.165, 1.54) is 5.69 Å². The zero-order valence-corrected chi connectivity index (χ0v) is 18.5. The molecule has 0 spiro atoms. The lowest BCUT2D eigenvalue weighted by Crippen LogP contribution is -2.21. The lowest BCUT2D eigenvalue weighted by molar-refractivity contribution is 0.0955. The molecule has 0 bridgehead atoms. The Morgan fingerprint density at radius 1 is 0.968 bits per heavy atom. The quantitative estimate of drug-likeness (QED) is 0.355. The van der Waals surface area contributed by atoms with Crippen molar-refractivity contribution in [2.75, 3.05) is 18.0 Å². The number of ether oxygens (including phenoxy) is 1. The molecule has 0 aromatic heterocycles. The molecule has 3 aromatic rings. The maximum absolute atomic E-state index is 12.3. The van der Waals surface area contributed by atoms with E-state index in [-0.39, 0.29) is 5.91 Å². The first kappa shape index (κ1) is 22.4. The summed E-state index contributed by atoms with van der Waals surface area (Å²) in [6, 6.07) is 22.5. The second-order valence-corrected chi connectivity index (χ2v) is 7.34. The number of benzene rings is 3. The van der Waals surface area contributed by atoms with Crippen LogP contribution in [-0.2, 0) is 6.61 Å². The Morgan fingerprint density at radius 3 is 2.23 bits per heavy atom. The number of anilines is 1. The molecule has 0 atom stereocenters. The lowest BCUT2D eigenvalue weighted by atomic mass is 10.2. The number of carbonyl (C=O) groups is 1. The molecule has 0 saturated carbocycles. The zero-order chi connectivity index (χ0) is 22.1. The van der Waals surface area contributed by atoms with E-state index in [9.17, 15) is 4.79 Å². The van der Waals surface area contributed by atoms with Crippen molar-refractivity contribution in [3.8, 4) is 5.75 Å². The summed E-state index contributed by atoms with van der Waals surface area (Å²) in [5, 5.41) is 4.75. The molecule has 0 radical (unpaired) electrons. The first-order valence-electron chi connectivity index (χ1n) is 10.2. The highest BCUT2D eigenvalue weighted by atomic mass is 35.5. The first-order chi connectivity index (χ1) is 15.1. The zero-order valence-electron chi connectivity index (χ0n) is 17.7. The fraction of sp³-hybridized carbons (Fsp3) is 0.200. The van der Waals surface area contributed by atoms with Crippen molar-refractivity contribution in [1.29, 1.82) is 0 Å². The molecule has 6 heteroatoms. The highest BCUT2D eigenvalue weighted by Gasteiger charge is 2.05. The van der Waals surface area contributed by atoms with Gasteiger partial charge in [0.15, 0.2) is 0 Å². The normalized spacial score (nSPS) is 10.8. The van der Waals surface area contributed by atoms with Crippen LogP contribution in [0.5, 0.6) is 5.75 Å². The molecule has 0 fully saturated rings. The Balaban J connectivity index is 1.50. The molecule has 1 amide bonds. The summed E-state index contributed by atoms with van der Waals surface area (Å²) in [6.45, 7) is 6.62. The Bertz CT molecular complexity index is 996. The topological polar surface area (TPSA) is 53.9 Å². The molecule has 1 N–H and O–H groups in total. The standard InChI is InChI=1S/C25H26ClN3O2/c1-3-29(4-2)23-13-7-19(8-14-23)17-27-28-25(30)21-9-15-24(16-10-21)31-18-20-5-11-22(26)12-6-20/h5-17H,3-4,18H2,1-2H3,(H,28,30)/b27-17+. The van der Waals surface area contributed by atoms with Gasteiger partial charge in [-0.2, -0.15) is 5.10 Å². The van der Waals surface area contributed by atoms with Gasteiger partial charge in [-0.25, -0.2) is 5.43 Å². The molecule has 3 rings (SSSR count). The van der Waals surface area contributed by atoms with E-state index in [0.717, 1.165) is 24.2 Å². The lowest BCUT2D eigenvalue weighted by Gasteiger charge is -2.20. The fourth-order valence-corrected chi connectivity index (χ4v) is 3.17. The van der Waals surface area contributed by atoms with Crippen molar-refractivity contribution in [2.45, 2.75) is 20.5 Å². The number of rotatable bonds is 9. The minimum absolute atomic E-state index is 0.278. The average molecular weight is 436 g/mol. The van der Waals surface area contributed by atoms with Crippen LogP contribution in [-0.4, -0.2) is 25.2 Å². The number of amides is 1. The van der Waals surface area contributed by atoms with Gasteiger partial charge in [0.1, 0.15) is 12.4 Å². The van der Waals surface area contributed by atoms with Crippen LogP contribution < -0.4 is 15.1 Å². The number of nitrogens with one attached hydrogen (secondary N) is 1. The summed E-state index contributed by atoms with van der Waals surface area (Å²) in [7, 11) is 0. The van der Waals surface area contributed by atoms with Gasteiger partial charge in [-0.05, 0) is 73.5 Å². The SMILES string of the molecule is CCN(CC)c1ccc(/C=N/NC(=O)c2ccc(OCc3ccc(Cl)cc3)cc2)cc1. The Hall–Kier alpha value is -3.31. The Morgan fingerprint density at radius 2 is 1.61 bits per heavy atom. The van der Waals surface area contributed by atoms with Gasteiger partial charge in [-0.1, -0.05) is 35.9 Å². The van der Waals surface area contributed by atoms with E-state index in [4.69, 9.17) is 16.3 Å². The molecule has 0 aliphatic rings. The van der Waals surface area contributed by atoms with Crippen LogP contribution in [0.1, 0.15) is 35.3 Å². The van der Waals surface area contributed by atoms with E-state index in [0.29, 0.717) is 22.9 Å². The molecule has 0 heterocycles. The molecule has 0 aliphatic carbocycles. The van der Waals surface area contributed by atoms with E-state index < -0.39 is 0 Å². The van der Waals surface area contributed by atoms with Gasteiger partial charge in [-0.15, -0.1) is 0 Å². The van der Waals surface area contributed by atoms with Crippen LogP contribution in [0.2, 0.25) is 5.02 Å². The predicted octanol–water partition coefficient (Wildman–Crippen LogP) is 5.53. The van der Waals surface area contributed by atoms with Crippen molar-refractivity contribution in [2.24, 2.45) is 5.10 Å². The summed E-state index contributed by atoms with van der Waals surface area (Å²) < 4.78 is 5.74. The third kappa shape index (κ3) is 6.59. The van der Waals surface area contributed by atoms with Crippen molar-refractivity contribution in [3.63, 3.8) is 0 Å². The molecule has 5 nitrogen and oxygen atoms in total. The largest absolute Gasteiger partial charge is 0.489 e. The van der Waals surface area contributed by atoms with Crippen molar-refractivity contribution in [3.05, 3.63) is 94.5 Å². The van der Waals surface area contributed by atoms with Gasteiger partial charge in [-0.3, -0.25) is 4.79 Å². The third-order valence-corrected chi connectivity index (χ3v) is 5.09. The van der Waals surface area contributed by atoms with Crippen molar-refractivity contribution < 1.29 is 9.53 Å². The molecule has 0 unspecified atom stereocenters. The highest BCUT2D eigenvalue weighted by Crippen LogP contribution is 2.16. The van der Waals surface area contributed by atoms with E-state index in [1.54, 1.807) is 30.5 Å². The van der Waals surface area contributed by atoms with E-state index in [1.807, 2.05) is 36.4 Å². The predicted molar refractivity (Wildman–Crippen MR) is 127 cm³/mol. The second-order valence-electron chi connectivity index (χ2n) is 6.90. The number of carbonyl (C=O) groups excluding carboxylic acids is 1. The van der Waals surface area contributed by atoms with Gasteiger partial charge in [0.2, 0.25) is 0 Å². The molecular weight excluding hydrogens is 410 g/mol. The monoisotopic (exact) mass is 435 g/mol. The Labute approximate surface area is 188 Å². The number of nitrogens with zero attached hydrogens (tertiary/aromatic N) is 2. The highest BCUT2D eigenvalue weighted by molar-refractivity contribution is 6.30. The smallest absolute Gasteiger partial charge is 0.271 e. The van der Waals surface area contributed by atoms with Gasteiger partial charge in [0.05, 0.1) is 6.21 Å². The number of hydrogen-bond donors (Lipinski definition) is 1. The summed E-state index contributed by atoms with van der Waals surface area (Å²) in [6.07, 6.45) is 1.63. The van der Waals surface area contributed by atoms with Crippen LogP contribution in [0.4, 0.5) is 5.69 Å². The van der Waals surface area contributed by atoms with Crippen LogP contribution >= 0.6 is 11.6 Å². The van der Waals surface area contributed by atoms with E-state index >= 15 is 0 Å². The van der Waals surface area contributed by atoms with Crippen LogP contribution in [0.15, 0.2) is 77.9 Å². The van der Waals surface area contributed by atoms with Crippen LogP contribution in [0.3, 0.4) is 0 Å². The minimum atomic E-state index is -0.278. The maximum Gasteiger partial charge on any atom is 0.271 e.